The number of hydrogen-bond acceptors (Lipinski definition) is 4. The molecule has 1 heterocycles. The molecule has 3 rings (SSSR count). The van der Waals surface area contributed by atoms with Crippen LogP contribution < -0.4 is 4.72 Å². The maximum Gasteiger partial charge on any atom is 0.279 e. The van der Waals surface area contributed by atoms with Gasteiger partial charge < -0.3 is 4.74 Å². The Hall–Kier alpha value is -0.990. The van der Waals surface area contributed by atoms with Crippen LogP contribution in [0.2, 0.25) is 0 Å². The van der Waals surface area contributed by atoms with Crippen LogP contribution in [-0.4, -0.2) is 63.6 Å². The SMILES string of the molecule is Cc1cccc([C@H](CNS(=O)(=O)N(C)C2CCCCC2)N2CCOCC2)c1. The standard InChI is InChI=1S/C20H33N3O3S/c1-17-7-6-8-18(15-17)20(23-11-13-26-14-12-23)16-21-27(24,25)22(2)19-9-4-3-5-10-19/h6-8,15,19-21H,3-5,9-14,16H2,1-2H3/t20-/m0/s1. The van der Waals surface area contributed by atoms with Crippen molar-refractivity contribution in [3.8, 4) is 0 Å². The van der Waals surface area contributed by atoms with Crippen LogP contribution in [0, 0.1) is 6.92 Å². The third-order valence-electron chi connectivity index (χ3n) is 5.84. The Balaban J connectivity index is 1.71. The largest absolute Gasteiger partial charge is 0.379 e. The van der Waals surface area contributed by atoms with E-state index in [2.05, 4.69) is 34.7 Å². The van der Waals surface area contributed by atoms with Crippen molar-refractivity contribution in [1.82, 2.24) is 13.9 Å². The molecular weight excluding hydrogens is 362 g/mol. The summed E-state index contributed by atoms with van der Waals surface area (Å²) in [7, 11) is -1.77. The second-order valence-corrected chi connectivity index (χ2v) is 9.55. The minimum absolute atomic E-state index is 0.0170. The highest BCUT2D eigenvalue weighted by Gasteiger charge is 2.30. The Bertz CT molecular complexity index is 698. The van der Waals surface area contributed by atoms with Crippen molar-refractivity contribution in [3.63, 3.8) is 0 Å². The Labute approximate surface area is 164 Å². The highest BCUT2D eigenvalue weighted by Crippen LogP contribution is 2.25. The number of ether oxygens (including phenoxy) is 1. The smallest absolute Gasteiger partial charge is 0.279 e. The van der Waals surface area contributed by atoms with E-state index >= 15 is 0 Å². The molecule has 1 aromatic rings. The molecule has 0 amide bonds. The minimum atomic E-state index is -3.49. The van der Waals surface area contributed by atoms with Crippen LogP contribution in [0.1, 0.15) is 49.3 Å². The molecule has 0 unspecified atom stereocenters. The first kappa shape index (κ1) is 20.7. The monoisotopic (exact) mass is 395 g/mol. The molecule has 0 bridgehead atoms. The molecule has 1 aliphatic heterocycles. The van der Waals surface area contributed by atoms with Gasteiger partial charge in [-0.3, -0.25) is 4.90 Å². The van der Waals surface area contributed by atoms with Crippen molar-refractivity contribution in [2.24, 2.45) is 0 Å². The van der Waals surface area contributed by atoms with Crippen LogP contribution in [0.15, 0.2) is 24.3 Å². The van der Waals surface area contributed by atoms with Gasteiger partial charge >= 0.3 is 0 Å². The quantitative estimate of drug-likeness (QED) is 0.770. The molecule has 1 saturated carbocycles. The molecule has 152 valence electrons. The predicted octanol–water partition coefficient (Wildman–Crippen LogP) is 2.47. The molecule has 1 aromatic carbocycles. The fourth-order valence-corrected chi connectivity index (χ4v) is 5.33. The molecule has 2 fully saturated rings. The Morgan fingerprint density at radius 2 is 1.93 bits per heavy atom. The van der Waals surface area contributed by atoms with Crippen LogP contribution in [0.5, 0.6) is 0 Å². The molecule has 0 radical (unpaired) electrons. The van der Waals surface area contributed by atoms with Crippen molar-refractivity contribution in [2.45, 2.75) is 51.1 Å². The van der Waals surface area contributed by atoms with Gasteiger partial charge in [-0.05, 0) is 25.3 Å². The molecule has 1 aliphatic carbocycles. The van der Waals surface area contributed by atoms with Crippen LogP contribution >= 0.6 is 0 Å². The lowest BCUT2D eigenvalue weighted by Crippen LogP contribution is -2.48. The number of rotatable bonds is 7. The Morgan fingerprint density at radius 3 is 2.59 bits per heavy atom. The molecule has 1 N–H and O–H groups in total. The van der Waals surface area contributed by atoms with Crippen LogP contribution in [0.4, 0.5) is 0 Å². The van der Waals surface area contributed by atoms with Crippen molar-refractivity contribution in [3.05, 3.63) is 35.4 Å². The summed E-state index contributed by atoms with van der Waals surface area (Å²) in [5.74, 6) is 0. The topological polar surface area (TPSA) is 61.9 Å². The number of hydrogen-bond donors (Lipinski definition) is 1. The van der Waals surface area contributed by atoms with E-state index in [0.717, 1.165) is 44.3 Å². The number of nitrogens with one attached hydrogen (secondary N) is 1. The minimum Gasteiger partial charge on any atom is -0.379 e. The molecule has 1 saturated heterocycles. The summed E-state index contributed by atoms with van der Waals surface area (Å²) >= 11 is 0. The third kappa shape index (κ3) is 5.51. The summed E-state index contributed by atoms with van der Waals surface area (Å²) in [6.07, 6.45) is 5.36. The Morgan fingerprint density at radius 1 is 1.22 bits per heavy atom. The van der Waals surface area contributed by atoms with Gasteiger partial charge in [-0.2, -0.15) is 12.7 Å². The molecule has 1 atom stereocenters. The molecule has 27 heavy (non-hydrogen) atoms. The molecule has 0 spiro atoms. The second kappa shape index (κ2) is 9.47. The first-order valence-corrected chi connectivity index (χ1v) is 11.5. The first-order chi connectivity index (χ1) is 13.0. The fourth-order valence-electron chi connectivity index (χ4n) is 4.15. The lowest BCUT2D eigenvalue weighted by atomic mass is 9.96. The zero-order valence-electron chi connectivity index (χ0n) is 16.6. The van der Waals surface area contributed by atoms with Crippen molar-refractivity contribution >= 4 is 10.2 Å². The second-order valence-electron chi connectivity index (χ2n) is 7.74. The van der Waals surface area contributed by atoms with Gasteiger partial charge in [-0.1, -0.05) is 49.1 Å². The molecule has 7 heteroatoms. The highest BCUT2D eigenvalue weighted by molar-refractivity contribution is 7.87. The zero-order chi connectivity index (χ0) is 19.3. The van der Waals surface area contributed by atoms with E-state index in [4.69, 9.17) is 4.74 Å². The van der Waals surface area contributed by atoms with Crippen LogP contribution in [-0.2, 0) is 14.9 Å². The van der Waals surface area contributed by atoms with E-state index in [1.165, 1.54) is 12.0 Å². The van der Waals surface area contributed by atoms with Crippen molar-refractivity contribution < 1.29 is 13.2 Å². The average molecular weight is 396 g/mol. The first-order valence-electron chi connectivity index (χ1n) is 10.1. The predicted molar refractivity (Wildman–Crippen MR) is 108 cm³/mol. The summed E-state index contributed by atoms with van der Waals surface area (Å²) in [5, 5.41) is 0. The van der Waals surface area contributed by atoms with Gasteiger partial charge in [0.1, 0.15) is 0 Å². The maximum atomic E-state index is 12.9. The third-order valence-corrected chi connectivity index (χ3v) is 7.43. The van der Waals surface area contributed by atoms with Crippen molar-refractivity contribution in [2.75, 3.05) is 39.9 Å². The Kier molecular flexibility index (Phi) is 7.28. The van der Waals surface area contributed by atoms with Crippen LogP contribution in [0.25, 0.3) is 0 Å². The summed E-state index contributed by atoms with van der Waals surface area (Å²) in [6.45, 7) is 5.47. The van der Waals surface area contributed by atoms with E-state index in [0.29, 0.717) is 19.8 Å². The molecule has 2 aliphatic rings. The summed E-state index contributed by atoms with van der Waals surface area (Å²) < 4.78 is 35.7. The highest BCUT2D eigenvalue weighted by atomic mass is 32.2. The lowest BCUT2D eigenvalue weighted by Gasteiger charge is -2.36. The van der Waals surface area contributed by atoms with Gasteiger partial charge in [0.2, 0.25) is 0 Å². The lowest BCUT2D eigenvalue weighted by molar-refractivity contribution is 0.0171. The van der Waals surface area contributed by atoms with Crippen LogP contribution in [0.3, 0.4) is 0 Å². The van der Waals surface area contributed by atoms with Gasteiger partial charge in [0.25, 0.3) is 10.2 Å². The van der Waals surface area contributed by atoms with E-state index in [-0.39, 0.29) is 12.1 Å². The molecule has 0 aromatic heterocycles. The van der Waals surface area contributed by atoms with Gasteiger partial charge in [-0.15, -0.1) is 0 Å². The van der Waals surface area contributed by atoms with Gasteiger partial charge in [0, 0.05) is 38.8 Å². The van der Waals surface area contributed by atoms with Crippen molar-refractivity contribution in [1.29, 1.82) is 0 Å². The zero-order valence-corrected chi connectivity index (χ0v) is 17.4. The number of morpholine rings is 1. The van der Waals surface area contributed by atoms with E-state index in [9.17, 15) is 8.42 Å². The number of benzene rings is 1. The number of nitrogens with zero attached hydrogens (tertiary/aromatic N) is 2. The van der Waals surface area contributed by atoms with Gasteiger partial charge in [0.05, 0.1) is 13.2 Å². The molecule has 6 nitrogen and oxygen atoms in total. The van der Waals surface area contributed by atoms with E-state index in [1.54, 1.807) is 11.4 Å². The average Bonchev–Trinajstić information content (AvgIpc) is 2.69. The van der Waals surface area contributed by atoms with Gasteiger partial charge in [-0.25, -0.2) is 4.72 Å². The normalized spacial score (nSPS) is 21.4. The number of aryl methyl sites for hydroxylation is 1. The maximum absolute atomic E-state index is 12.9. The van der Waals surface area contributed by atoms with E-state index < -0.39 is 10.2 Å². The summed E-state index contributed by atoms with van der Waals surface area (Å²) in [6, 6.07) is 8.49. The fraction of sp³-hybridized carbons (Fsp3) is 0.700. The van der Waals surface area contributed by atoms with E-state index in [1.807, 2.05) is 6.07 Å². The summed E-state index contributed by atoms with van der Waals surface area (Å²) in [4.78, 5) is 2.32. The summed E-state index contributed by atoms with van der Waals surface area (Å²) in [5.41, 5.74) is 2.34. The van der Waals surface area contributed by atoms with Gasteiger partial charge in [0.15, 0.2) is 0 Å². The molecular formula is C20H33N3O3S.